The van der Waals surface area contributed by atoms with Crippen molar-refractivity contribution in [2.24, 2.45) is 5.10 Å². The van der Waals surface area contributed by atoms with E-state index in [1.807, 2.05) is 0 Å². The Morgan fingerprint density at radius 1 is 1.75 bits per heavy atom. The molecule has 0 unspecified atom stereocenters. The van der Waals surface area contributed by atoms with Gasteiger partial charge in [0.15, 0.2) is 0 Å². The molecular formula is C9H10N4O3. The molecule has 0 aliphatic rings. The van der Waals surface area contributed by atoms with E-state index in [9.17, 15) is 4.79 Å². The second-order valence-corrected chi connectivity index (χ2v) is 2.60. The molecule has 0 aliphatic carbocycles. The van der Waals surface area contributed by atoms with Crippen molar-refractivity contribution in [2.45, 2.75) is 0 Å². The van der Waals surface area contributed by atoms with Gasteiger partial charge in [-0.1, -0.05) is 0 Å². The van der Waals surface area contributed by atoms with Gasteiger partial charge >= 0.3 is 5.97 Å². The Bertz CT molecular complexity index is 431. The minimum absolute atomic E-state index is 0.00236. The molecule has 0 saturated carbocycles. The highest BCUT2D eigenvalue weighted by Gasteiger charge is 2.17. The Labute approximate surface area is 91.3 Å². The first-order chi connectivity index (χ1) is 7.70. The highest BCUT2D eigenvalue weighted by molar-refractivity contribution is 6.14. The van der Waals surface area contributed by atoms with Crippen LogP contribution in [0.2, 0.25) is 0 Å². The second kappa shape index (κ2) is 5.44. The van der Waals surface area contributed by atoms with Gasteiger partial charge in [-0.3, -0.25) is 5.43 Å². The summed E-state index contributed by atoms with van der Waals surface area (Å²) in [4.78, 5) is 14.7. The van der Waals surface area contributed by atoms with Crippen molar-refractivity contribution >= 4 is 24.1 Å². The highest BCUT2D eigenvalue weighted by atomic mass is 16.5. The highest BCUT2D eigenvalue weighted by Crippen LogP contribution is 2.23. The average molecular weight is 222 g/mol. The smallest absolute Gasteiger partial charge is 0.343 e. The zero-order valence-electron chi connectivity index (χ0n) is 8.47. The van der Waals surface area contributed by atoms with Gasteiger partial charge in [-0.05, 0) is 6.07 Å². The molecule has 0 aromatic carbocycles. The minimum Gasteiger partial charge on any atom is -0.480 e. The molecule has 0 saturated heterocycles. The number of aromatic carboxylic acids is 1. The molecule has 0 atom stereocenters. The number of hydrogen-bond donors (Lipinski definition) is 3. The predicted molar refractivity (Wildman–Crippen MR) is 58.6 cm³/mol. The van der Waals surface area contributed by atoms with Crippen molar-refractivity contribution in [2.75, 3.05) is 12.5 Å². The number of hydrazone groups is 1. The summed E-state index contributed by atoms with van der Waals surface area (Å²) in [5, 5.41) is 19.3. The molecule has 1 heterocycles. The van der Waals surface area contributed by atoms with E-state index in [0.29, 0.717) is 0 Å². The minimum atomic E-state index is -1.17. The zero-order chi connectivity index (χ0) is 12.0. The number of hydrogen-bond acceptors (Lipinski definition) is 6. The van der Waals surface area contributed by atoms with Gasteiger partial charge in [-0.25, -0.2) is 9.78 Å². The zero-order valence-corrected chi connectivity index (χ0v) is 8.47. The third-order valence-electron chi connectivity index (χ3n) is 1.66. The van der Waals surface area contributed by atoms with Crippen LogP contribution in [-0.4, -0.2) is 35.6 Å². The Morgan fingerprint density at radius 3 is 3.06 bits per heavy atom. The van der Waals surface area contributed by atoms with E-state index < -0.39 is 5.97 Å². The number of nitrogens with one attached hydrogen (secondary N) is 2. The molecular weight excluding hydrogens is 212 g/mol. The number of ether oxygens (including phenoxy) is 1. The lowest BCUT2D eigenvalue weighted by Crippen LogP contribution is -2.06. The molecule has 1 aromatic rings. The Balaban J connectivity index is 3.11. The molecule has 7 heteroatoms. The quantitative estimate of drug-likeness (QED) is 0.505. The first-order valence-corrected chi connectivity index (χ1v) is 4.25. The Hall–Kier alpha value is -2.44. The number of carboxylic acids is 1. The molecule has 0 amide bonds. The summed E-state index contributed by atoms with van der Waals surface area (Å²) in [6.45, 7) is 0. The molecule has 0 fully saturated rings. The lowest BCUT2D eigenvalue weighted by molar-refractivity contribution is 0.0693. The lowest BCUT2D eigenvalue weighted by Gasteiger charge is -2.07. The van der Waals surface area contributed by atoms with Crippen molar-refractivity contribution in [3.63, 3.8) is 0 Å². The molecule has 84 valence electrons. The maximum Gasteiger partial charge on any atom is 0.343 e. The van der Waals surface area contributed by atoms with E-state index in [4.69, 9.17) is 15.3 Å². The van der Waals surface area contributed by atoms with E-state index in [1.54, 1.807) is 0 Å². The fourth-order valence-electron chi connectivity index (χ4n) is 1.04. The maximum absolute atomic E-state index is 11.0. The van der Waals surface area contributed by atoms with Crippen molar-refractivity contribution in [3.8, 4) is 5.88 Å². The van der Waals surface area contributed by atoms with Gasteiger partial charge in [0.2, 0.25) is 5.88 Å². The van der Waals surface area contributed by atoms with E-state index >= 15 is 0 Å². The predicted octanol–water partition coefficient (Wildman–Crippen LogP) is 0.836. The van der Waals surface area contributed by atoms with Crippen LogP contribution in [0.3, 0.4) is 0 Å². The van der Waals surface area contributed by atoms with Crippen LogP contribution < -0.4 is 10.2 Å². The van der Waals surface area contributed by atoms with Crippen LogP contribution in [0, 0.1) is 5.41 Å². The van der Waals surface area contributed by atoms with Crippen molar-refractivity contribution in [1.29, 1.82) is 5.41 Å². The maximum atomic E-state index is 11.0. The summed E-state index contributed by atoms with van der Waals surface area (Å²) in [5.41, 5.74) is 2.63. The average Bonchev–Trinajstić information content (AvgIpc) is 2.28. The number of anilines is 1. The third kappa shape index (κ3) is 2.53. The number of carbonyl (C=O) groups is 1. The third-order valence-corrected chi connectivity index (χ3v) is 1.66. The van der Waals surface area contributed by atoms with E-state index in [0.717, 1.165) is 6.21 Å². The molecule has 0 spiro atoms. The molecule has 1 rings (SSSR count). The van der Waals surface area contributed by atoms with Crippen molar-refractivity contribution in [3.05, 3.63) is 17.8 Å². The molecule has 0 aliphatic heterocycles. The first kappa shape index (κ1) is 11.6. The van der Waals surface area contributed by atoms with Crippen LogP contribution in [0.25, 0.3) is 0 Å². The molecule has 1 aromatic heterocycles. The lowest BCUT2D eigenvalue weighted by atomic mass is 10.2. The van der Waals surface area contributed by atoms with Crippen LogP contribution in [0.1, 0.15) is 10.4 Å². The summed E-state index contributed by atoms with van der Waals surface area (Å²) in [5.74, 6) is -1.17. The van der Waals surface area contributed by atoms with Crippen LogP contribution in [0.15, 0.2) is 17.4 Å². The summed E-state index contributed by atoms with van der Waals surface area (Å²) in [6.07, 6.45) is 3.54. The number of nitrogens with zero attached hydrogens (tertiary/aromatic N) is 2. The van der Waals surface area contributed by atoms with Crippen LogP contribution in [0.4, 0.5) is 5.69 Å². The standard InChI is InChI=1S/C9H10N4O3/c1-16-8-7(9(14)15)6(2-4-11-8)13-12-5-3-10/h2-5,10H,1H3,(H,11,13)(H,14,15)/b10-3?,12-5-. The Kier molecular flexibility index (Phi) is 3.96. The van der Waals surface area contributed by atoms with Gasteiger partial charge in [0.1, 0.15) is 5.56 Å². The molecule has 0 radical (unpaired) electrons. The van der Waals surface area contributed by atoms with Crippen LogP contribution in [-0.2, 0) is 0 Å². The largest absolute Gasteiger partial charge is 0.480 e. The summed E-state index contributed by atoms with van der Waals surface area (Å²) < 4.78 is 4.82. The normalized spacial score (nSPS) is 10.1. The molecule has 16 heavy (non-hydrogen) atoms. The van der Waals surface area contributed by atoms with Crippen LogP contribution in [0.5, 0.6) is 5.88 Å². The Morgan fingerprint density at radius 2 is 2.50 bits per heavy atom. The monoisotopic (exact) mass is 222 g/mol. The summed E-state index contributed by atoms with van der Waals surface area (Å²) >= 11 is 0. The van der Waals surface area contributed by atoms with Gasteiger partial charge < -0.3 is 15.3 Å². The molecule has 7 nitrogen and oxygen atoms in total. The van der Waals surface area contributed by atoms with Crippen molar-refractivity contribution in [1.82, 2.24) is 4.98 Å². The van der Waals surface area contributed by atoms with E-state index in [1.165, 1.54) is 25.6 Å². The molecule has 3 N–H and O–H groups in total. The number of pyridine rings is 1. The van der Waals surface area contributed by atoms with Gasteiger partial charge in [-0.2, -0.15) is 5.10 Å². The number of methoxy groups -OCH3 is 1. The van der Waals surface area contributed by atoms with Gasteiger partial charge in [0.05, 0.1) is 19.0 Å². The fraction of sp³-hybridized carbons (Fsp3) is 0.111. The second-order valence-electron chi connectivity index (χ2n) is 2.60. The summed E-state index contributed by atoms with van der Waals surface area (Å²) in [6, 6.07) is 1.45. The van der Waals surface area contributed by atoms with Gasteiger partial charge in [0.25, 0.3) is 0 Å². The number of rotatable bonds is 5. The SMILES string of the molecule is COc1nccc(N/N=C\C=N)c1C(=O)O. The van der Waals surface area contributed by atoms with Crippen molar-refractivity contribution < 1.29 is 14.6 Å². The topological polar surface area (TPSA) is 108 Å². The number of aromatic nitrogens is 1. The fourth-order valence-corrected chi connectivity index (χ4v) is 1.04. The molecule has 0 bridgehead atoms. The van der Waals surface area contributed by atoms with Crippen LogP contribution >= 0.6 is 0 Å². The number of carboxylic acid groups (broad SMARTS) is 1. The van der Waals surface area contributed by atoms with E-state index in [2.05, 4.69) is 15.5 Å². The summed E-state index contributed by atoms with van der Waals surface area (Å²) in [7, 11) is 1.33. The van der Waals surface area contributed by atoms with E-state index in [-0.39, 0.29) is 17.1 Å². The van der Waals surface area contributed by atoms with Gasteiger partial charge in [0, 0.05) is 12.4 Å². The van der Waals surface area contributed by atoms with Gasteiger partial charge in [-0.15, -0.1) is 0 Å². The first-order valence-electron chi connectivity index (χ1n) is 4.25.